The van der Waals surface area contributed by atoms with Gasteiger partial charge in [-0.1, -0.05) is 29.5 Å². The van der Waals surface area contributed by atoms with E-state index in [2.05, 4.69) is 40.7 Å². The largest absolute Gasteiger partial charge is 0.491 e. The molecule has 1 fully saturated rings. The summed E-state index contributed by atoms with van der Waals surface area (Å²) in [4.78, 5) is 61.1. The van der Waals surface area contributed by atoms with Gasteiger partial charge in [-0.25, -0.2) is 22.5 Å². The predicted molar refractivity (Wildman–Crippen MR) is 287 cm³/mol. The number of carbonyl (C=O) groups is 2. The van der Waals surface area contributed by atoms with E-state index in [9.17, 15) is 27.7 Å². The Morgan fingerprint density at radius 2 is 1.47 bits per heavy atom. The molecule has 81 heavy (non-hydrogen) atoms. The first kappa shape index (κ1) is 65.4. The van der Waals surface area contributed by atoms with E-state index < -0.39 is 58.1 Å². The molecule has 31 heteroatoms. The number of carbonyl (C=O) groups excluding carboxylic acids is 2. The molecule has 3 aromatic heterocycles. The number of amides is 1. The van der Waals surface area contributed by atoms with Crippen LogP contribution in [-0.2, 0) is 76.3 Å². The van der Waals surface area contributed by atoms with E-state index in [4.69, 9.17) is 68.5 Å². The Hall–Kier alpha value is -4.71. The lowest BCUT2D eigenvalue weighted by atomic mass is 9.99. The Labute approximate surface area is 473 Å². The van der Waals surface area contributed by atoms with E-state index in [1.165, 1.54) is 0 Å². The van der Waals surface area contributed by atoms with Crippen molar-refractivity contribution >= 4 is 57.4 Å². The van der Waals surface area contributed by atoms with Crippen molar-refractivity contribution in [3.8, 4) is 5.75 Å². The Balaban J connectivity index is 0.000000857. The van der Waals surface area contributed by atoms with E-state index in [0.29, 0.717) is 179 Å². The molecule has 0 bridgehead atoms. The third kappa shape index (κ3) is 22.8. The van der Waals surface area contributed by atoms with Crippen LogP contribution in [0.3, 0.4) is 0 Å². The van der Waals surface area contributed by atoms with Gasteiger partial charge in [0.1, 0.15) is 23.6 Å². The van der Waals surface area contributed by atoms with Gasteiger partial charge in [0.05, 0.1) is 168 Å². The molecule has 7 rings (SSSR count). The molecular formula is C50H69ClF3N9O16P2. The normalized spacial score (nSPS) is 17.1. The fourth-order valence-electron chi connectivity index (χ4n) is 8.20. The number of rotatable bonds is 39. The number of anilines is 1. The van der Waals surface area contributed by atoms with Crippen molar-refractivity contribution in [2.75, 3.05) is 131 Å². The van der Waals surface area contributed by atoms with Crippen LogP contribution < -0.4 is 15.4 Å². The van der Waals surface area contributed by atoms with Gasteiger partial charge in [0.15, 0.2) is 46.0 Å². The van der Waals surface area contributed by atoms with Crippen molar-refractivity contribution in [1.82, 2.24) is 40.1 Å². The summed E-state index contributed by atoms with van der Waals surface area (Å²) in [5.41, 5.74) is 3.20. The first-order chi connectivity index (χ1) is 39.4. The van der Waals surface area contributed by atoms with Gasteiger partial charge in [0, 0.05) is 25.1 Å². The van der Waals surface area contributed by atoms with Crippen molar-refractivity contribution in [3.05, 3.63) is 88.3 Å². The summed E-state index contributed by atoms with van der Waals surface area (Å²) >= 11 is 6.47. The molecule has 0 radical (unpaired) electrons. The number of methoxy groups -OCH3 is 1. The molecule has 1 aliphatic heterocycles. The van der Waals surface area contributed by atoms with Crippen molar-refractivity contribution in [2.24, 2.45) is 5.92 Å². The Morgan fingerprint density at radius 1 is 0.840 bits per heavy atom. The molecule has 0 saturated carbocycles. The first-order valence-corrected chi connectivity index (χ1v) is 29.2. The Kier molecular flexibility index (Phi) is 29.7. The maximum Gasteiger partial charge on any atom is 0.226 e. The lowest BCUT2D eigenvalue weighted by Crippen LogP contribution is -2.37. The van der Waals surface area contributed by atoms with Crippen LogP contribution in [0.25, 0.3) is 11.0 Å². The van der Waals surface area contributed by atoms with Crippen LogP contribution in [0.1, 0.15) is 48.4 Å². The second-order valence-corrected chi connectivity index (χ2v) is 20.9. The van der Waals surface area contributed by atoms with Gasteiger partial charge in [-0.05, 0) is 42.0 Å². The number of hydrogen-bond donors (Lipinski definition) is 5. The maximum absolute atomic E-state index is 13.7. The number of hydrogen-bond acceptors (Lipinski definition) is 22. The number of fused-ring (bicyclic) bond motifs is 2. The molecule has 5 atom stereocenters. The van der Waals surface area contributed by atoms with Gasteiger partial charge >= 0.3 is 0 Å². The number of nitrogens with zero attached hydrogens (tertiary/aromatic N) is 7. The molecule has 5 aromatic rings. The number of nitrogens with one attached hydrogen (secondary N) is 2. The SMILES string of the molecule is COc1c(F)cc(F)cc1F.O=CCCOCCOCCOCCOCCn1cc(COCCOCCOCCOCCNC(=O)C2Cc3ccccc3C2Nc2nc(Cl)nc3c2cnn3C2CCC(COP(O)CP(O)O)O2)nn1. The molecular weight excluding hydrogens is 1140 g/mol. The highest BCUT2D eigenvalue weighted by Gasteiger charge is 2.38. The van der Waals surface area contributed by atoms with Crippen LogP contribution in [0.4, 0.5) is 19.0 Å². The van der Waals surface area contributed by atoms with Gasteiger partial charge in [-0.15, -0.1) is 5.10 Å². The maximum atomic E-state index is 13.7. The summed E-state index contributed by atoms with van der Waals surface area (Å²) in [6.07, 6.45) is 5.62. The molecule has 5 unspecified atom stereocenters. The summed E-state index contributed by atoms with van der Waals surface area (Å²) in [7, 11) is -3.10. The van der Waals surface area contributed by atoms with Crippen LogP contribution in [0.2, 0.25) is 5.28 Å². The monoisotopic (exact) mass is 1210 g/mol. The fourth-order valence-corrected chi connectivity index (χ4v) is 9.89. The molecule has 448 valence electrons. The zero-order valence-corrected chi connectivity index (χ0v) is 47.2. The van der Waals surface area contributed by atoms with E-state index in [1.807, 2.05) is 30.5 Å². The molecule has 2 aromatic carbocycles. The van der Waals surface area contributed by atoms with Crippen LogP contribution in [-0.4, -0.2) is 193 Å². The van der Waals surface area contributed by atoms with E-state index >= 15 is 0 Å². The highest BCUT2D eigenvalue weighted by molar-refractivity contribution is 7.63. The predicted octanol–water partition coefficient (Wildman–Crippen LogP) is 4.80. The number of aldehydes is 1. The number of aromatic nitrogens is 7. The Morgan fingerprint density at radius 3 is 2.12 bits per heavy atom. The second kappa shape index (κ2) is 36.8. The average Bonchev–Trinajstić information content (AvgIpc) is 4.47. The van der Waals surface area contributed by atoms with Gasteiger partial charge in [0.2, 0.25) is 11.2 Å². The van der Waals surface area contributed by atoms with Gasteiger partial charge in [0.25, 0.3) is 0 Å². The summed E-state index contributed by atoms with van der Waals surface area (Å²) in [5, 5.41) is 19.9. The topological polar surface area (TPSA) is 295 Å². The van der Waals surface area contributed by atoms with Gasteiger partial charge < -0.3 is 82.0 Å². The van der Waals surface area contributed by atoms with Crippen molar-refractivity contribution in [3.63, 3.8) is 0 Å². The number of halogens is 4. The highest BCUT2D eigenvalue weighted by atomic mass is 35.5. The van der Waals surface area contributed by atoms with Crippen LogP contribution >= 0.6 is 28.4 Å². The molecule has 4 heterocycles. The van der Waals surface area contributed by atoms with E-state index in [-0.39, 0.29) is 29.8 Å². The molecule has 1 amide bonds. The molecule has 1 aliphatic carbocycles. The minimum Gasteiger partial charge on any atom is -0.491 e. The lowest BCUT2D eigenvalue weighted by molar-refractivity contribution is -0.125. The summed E-state index contributed by atoms with van der Waals surface area (Å²) in [6, 6.07) is 8.60. The Bertz CT molecular complexity index is 2620. The average molecular weight is 1210 g/mol. The summed E-state index contributed by atoms with van der Waals surface area (Å²) in [6.45, 7) is 7.58. The zero-order valence-electron chi connectivity index (χ0n) is 44.7. The standard InChI is InChI=1S/C43H64ClN9O15P2.C7H5F3O/c44-43-48-40(37-27-46-53(41(37)49-43)38-7-6-34(68-38)30-67-70(58)31-69(56)57)47-39-35-5-2-1-4-32(35)26-36(39)42(55)45-8-12-60-15-18-63-22-23-65-24-25-66-29-33-28-52(51-50-33)9-13-61-16-19-64-21-20-62-17-14-59-11-3-10-54;1-11-7-5(9)2-4(8)3-6(7)10/h1-2,4-5,10,27-28,34,36,38-39,56-58H,3,6-9,11-26,29-31H2,(H,45,55)(H,47,48,49);2-3H,1H3. The third-order valence-corrected chi connectivity index (χ3v) is 14.5. The molecule has 2 aliphatic rings. The van der Waals surface area contributed by atoms with Crippen molar-refractivity contribution < 1.29 is 89.3 Å². The van der Waals surface area contributed by atoms with E-state index in [0.717, 1.165) is 24.5 Å². The van der Waals surface area contributed by atoms with Crippen LogP contribution in [0.15, 0.2) is 48.8 Å². The smallest absolute Gasteiger partial charge is 0.226 e. The highest BCUT2D eigenvalue weighted by Crippen LogP contribution is 2.45. The lowest BCUT2D eigenvalue weighted by Gasteiger charge is -2.22. The number of benzene rings is 2. The third-order valence-electron chi connectivity index (χ3n) is 11.9. The quantitative estimate of drug-likeness (QED) is 0.0153. The van der Waals surface area contributed by atoms with Crippen molar-refractivity contribution in [2.45, 2.75) is 57.2 Å². The zero-order chi connectivity index (χ0) is 57.6. The second-order valence-electron chi connectivity index (χ2n) is 17.7. The van der Waals surface area contributed by atoms with E-state index in [1.54, 1.807) is 15.6 Å². The summed E-state index contributed by atoms with van der Waals surface area (Å²) in [5.74, 6) is -3.95. The van der Waals surface area contributed by atoms with Crippen molar-refractivity contribution in [1.29, 1.82) is 0 Å². The minimum atomic E-state index is -2.25. The molecule has 1 saturated heterocycles. The minimum absolute atomic E-state index is 0.00314. The van der Waals surface area contributed by atoms with Crippen LogP contribution in [0.5, 0.6) is 5.75 Å². The molecule has 5 N–H and O–H groups in total. The van der Waals surface area contributed by atoms with Crippen LogP contribution in [0, 0.1) is 23.4 Å². The fraction of sp³-hybridized carbons (Fsp3) is 0.580. The summed E-state index contributed by atoms with van der Waals surface area (Å²) < 4.78 is 101. The van der Waals surface area contributed by atoms with Gasteiger partial charge in [-0.2, -0.15) is 15.1 Å². The molecule has 0 spiro atoms. The van der Waals surface area contributed by atoms with Gasteiger partial charge in [-0.3, -0.25) is 4.79 Å². The number of ether oxygens (including phenoxy) is 10. The first-order valence-electron chi connectivity index (χ1n) is 26.0. The molecule has 25 nitrogen and oxygen atoms in total.